The number of hydrogen-bond donors (Lipinski definition) is 2. The van der Waals surface area contributed by atoms with Crippen LogP contribution in [0.5, 0.6) is 11.5 Å². The van der Waals surface area contributed by atoms with E-state index >= 15 is 0 Å². The SMILES string of the molecule is CCCCN(Cc1ccccc1)[C@H]1CC[C@]2(O)C3Cc4ccc(O)c5c4[C@]2(CCN3CC2CC2)[C@@H]1O5. The molecular formula is C31H40N2O3. The van der Waals surface area contributed by atoms with E-state index in [9.17, 15) is 10.2 Å². The van der Waals surface area contributed by atoms with Crippen LogP contribution in [0.3, 0.4) is 0 Å². The highest BCUT2D eigenvalue weighted by atomic mass is 16.5. The van der Waals surface area contributed by atoms with Gasteiger partial charge in [-0.05, 0) is 81.1 Å². The van der Waals surface area contributed by atoms with Crippen molar-refractivity contribution in [2.45, 2.75) is 94.0 Å². The van der Waals surface area contributed by atoms with E-state index in [-0.39, 0.29) is 23.9 Å². The Bertz CT molecular complexity index is 1130. The normalized spacial score (nSPS) is 34.5. The lowest BCUT2D eigenvalue weighted by Gasteiger charge is -2.65. The van der Waals surface area contributed by atoms with Crippen molar-refractivity contribution in [1.82, 2.24) is 9.80 Å². The Hall–Kier alpha value is -2.08. The molecule has 36 heavy (non-hydrogen) atoms. The van der Waals surface area contributed by atoms with Gasteiger partial charge in [0.05, 0.1) is 11.0 Å². The predicted molar refractivity (Wildman–Crippen MR) is 140 cm³/mol. The average Bonchev–Trinajstić information content (AvgIpc) is 3.63. The number of likely N-dealkylation sites (tertiary alicyclic amines) is 1. The van der Waals surface area contributed by atoms with Crippen LogP contribution in [0.25, 0.3) is 0 Å². The molecule has 0 aromatic heterocycles. The molecule has 2 heterocycles. The molecule has 0 radical (unpaired) electrons. The number of phenolic OH excluding ortho intramolecular Hbond substituents is 1. The fourth-order valence-electron chi connectivity index (χ4n) is 8.37. The van der Waals surface area contributed by atoms with Crippen LogP contribution in [0, 0.1) is 5.92 Å². The Labute approximate surface area is 215 Å². The first kappa shape index (κ1) is 23.1. The minimum Gasteiger partial charge on any atom is -0.504 e. The molecule has 1 saturated heterocycles. The molecule has 2 N–H and O–H groups in total. The first-order valence-corrected chi connectivity index (χ1v) is 14.3. The van der Waals surface area contributed by atoms with Gasteiger partial charge in [-0.2, -0.15) is 0 Å². The number of benzene rings is 2. The van der Waals surface area contributed by atoms with Crippen LogP contribution >= 0.6 is 0 Å². The van der Waals surface area contributed by atoms with Gasteiger partial charge in [0.15, 0.2) is 11.5 Å². The van der Waals surface area contributed by atoms with E-state index < -0.39 is 11.0 Å². The maximum atomic E-state index is 12.7. The zero-order valence-electron chi connectivity index (χ0n) is 21.5. The molecule has 5 atom stereocenters. The van der Waals surface area contributed by atoms with Crippen LogP contribution in [0.15, 0.2) is 42.5 Å². The summed E-state index contributed by atoms with van der Waals surface area (Å²) in [6.45, 7) is 6.31. The topological polar surface area (TPSA) is 56.2 Å². The molecule has 2 bridgehead atoms. The fraction of sp³-hybridized carbons (Fsp3) is 0.613. The Morgan fingerprint density at radius 1 is 1.08 bits per heavy atom. The predicted octanol–water partition coefficient (Wildman–Crippen LogP) is 4.63. The summed E-state index contributed by atoms with van der Waals surface area (Å²) in [7, 11) is 0. The van der Waals surface area contributed by atoms with Gasteiger partial charge in [-0.3, -0.25) is 9.80 Å². The van der Waals surface area contributed by atoms with Crippen molar-refractivity contribution in [2.24, 2.45) is 5.92 Å². The summed E-state index contributed by atoms with van der Waals surface area (Å²) in [6.07, 6.45) is 8.33. The van der Waals surface area contributed by atoms with E-state index in [4.69, 9.17) is 4.74 Å². The Morgan fingerprint density at radius 3 is 2.69 bits per heavy atom. The summed E-state index contributed by atoms with van der Waals surface area (Å²) in [5.74, 6) is 1.70. The molecule has 5 nitrogen and oxygen atoms in total. The zero-order valence-corrected chi connectivity index (χ0v) is 21.5. The number of piperidine rings is 1. The highest BCUT2D eigenvalue weighted by Crippen LogP contribution is 2.66. The Balaban J connectivity index is 1.31. The van der Waals surface area contributed by atoms with Crippen molar-refractivity contribution in [3.05, 3.63) is 59.2 Å². The molecule has 0 amide bonds. The highest BCUT2D eigenvalue weighted by Gasteiger charge is 2.73. The summed E-state index contributed by atoms with van der Waals surface area (Å²) in [4.78, 5) is 5.24. The second-order valence-electron chi connectivity index (χ2n) is 12.2. The minimum atomic E-state index is -0.809. The third-order valence-corrected chi connectivity index (χ3v) is 10.2. The second-order valence-corrected chi connectivity index (χ2v) is 12.2. The molecule has 2 aromatic rings. The molecule has 5 heteroatoms. The van der Waals surface area contributed by atoms with Gasteiger partial charge in [0.2, 0.25) is 0 Å². The Morgan fingerprint density at radius 2 is 1.92 bits per heavy atom. The van der Waals surface area contributed by atoms with Gasteiger partial charge in [-0.25, -0.2) is 0 Å². The van der Waals surface area contributed by atoms with Crippen LogP contribution in [-0.4, -0.2) is 63.4 Å². The van der Waals surface area contributed by atoms with Gasteiger partial charge >= 0.3 is 0 Å². The van der Waals surface area contributed by atoms with Crippen molar-refractivity contribution in [2.75, 3.05) is 19.6 Å². The van der Waals surface area contributed by atoms with Gasteiger partial charge in [0, 0.05) is 30.7 Å². The van der Waals surface area contributed by atoms with Gasteiger partial charge in [0.25, 0.3) is 0 Å². The van der Waals surface area contributed by atoms with E-state index in [1.54, 1.807) is 0 Å². The van der Waals surface area contributed by atoms with Crippen LogP contribution in [0.2, 0.25) is 0 Å². The van der Waals surface area contributed by atoms with Crippen molar-refractivity contribution in [3.63, 3.8) is 0 Å². The zero-order chi connectivity index (χ0) is 24.5. The lowest BCUT2D eigenvalue weighted by molar-refractivity contribution is -0.201. The molecule has 5 aliphatic rings. The largest absolute Gasteiger partial charge is 0.504 e. The summed E-state index contributed by atoms with van der Waals surface area (Å²) in [5.41, 5.74) is 2.49. The van der Waals surface area contributed by atoms with Crippen LogP contribution < -0.4 is 4.74 Å². The van der Waals surface area contributed by atoms with Gasteiger partial charge < -0.3 is 14.9 Å². The van der Waals surface area contributed by atoms with Crippen molar-refractivity contribution in [3.8, 4) is 11.5 Å². The van der Waals surface area contributed by atoms with E-state index in [1.807, 2.05) is 6.07 Å². The molecule has 3 fully saturated rings. The standard InChI is InChI=1S/C31H40N2O3/c1-2-3-16-32(19-21-7-5-4-6-8-21)24-13-14-31(35)26-18-23-11-12-25(34)28-27(23)30(31,29(24)36-28)15-17-33(26)20-22-9-10-22/h4-8,11-12,22,24,26,29,34-35H,2-3,9-10,13-20H2,1H3/t24-,26?,29+,30+,31-/m0/s1. The number of unbranched alkanes of at least 4 members (excludes halogenated alkanes) is 1. The average molecular weight is 489 g/mol. The molecule has 192 valence electrons. The highest BCUT2D eigenvalue weighted by molar-refractivity contribution is 5.62. The maximum Gasteiger partial charge on any atom is 0.165 e. The van der Waals surface area contributed by atoms with E-state index in [1.165, 1.54) is 24.0 Å². The number of phenols is 1. The van der Waals surface area contributed by atoms with Gasteiger partial charge in [-0.1, -0.05) is 49.7 Å². The first-order chi connectivity index (χ1) is 17.5. The van der Waals surface area contributed by atoms with Gasteiger partial charge in [0.1, 0.15) is 6.10 Å². The lowest BCUT2D eigenvalue weighted by atomic mass is 9.48. The minimum absolute atomic E-state index is 0.134. The van der Waals surface area contributed by atoms with E-state index in [0.717, 1.165) is 76.2 Å². The summed E-state index contributed by atoms with van der Waals surface area (Å²) in [6, 6.07) is 15.1. The first-order valence-electron chi connectivity index (χ1n) is 14.3. The number of aromatic hydroxyl groups is 1. The summed E-state index contributed by atoms with van der Waals surface area (Å²) < 4.78 is 6.84. The summed E-state index contributed by atoms with van der Waals surface area (Å²) >= 11 is 0. The lowest BCUT2D eigenvalue weighted by Crippen LogP contribution is -2.78. The maximum absolute atomic E-state index is 12.7. The molecular weight excluding hydrogens is 448 g/mol. The molecule has 3 aliphatic carbocycles. The smallest absolute Gasteiger partial charge is 0.165 e. The molecule has 2 aromatic carbocycles. The molecule has 7 rings (SSSR count). The third kappa shape index (κ3) is 3.25. The summed E-state index contributed by atoms with van der Waals surface area (Å²) in [5, 5.41) is 23.7. The van der Waals surface area contributed by atoms with Gasteiger partial charge in [-0.15, -0.1) is 0 Å². The molecule has 2 saturated carbocycles. The van der Waals surface area contributed by atoms with Crippen molar-refractivity contribution in [1.29, 1.82) is 0 Å². The van der Waals surface area contributed by atoms with Crippen LogP contribution in [-0.2, 0) is 18.4 Å². The second kappa shape index (κ2) is 8.47. The van der Waals surface area contributed by atoms with Crippen molar-refractivity contribution < 1.29 is 14.9 Å². The third-order valence-electron chi connectivity index (χ3n) is 10.2. The fourth-order valence-corrected chi connectivity index (χ4v) is 8.37. The number of rotatable bonds is 8. The number of ether oxygens (including phenoxy) is 1. The number of hydrogen-bond acceptors (Lipinski definition) is 5. The van der Waals surface area contributed by atoms with Crippen LogP contribution in [0.4, 0.5) is 0 Å². The molecule has 2 aliphatic heterocycles. The Kier molecular flexibility index (Phi) is 5.43. The van der Waals surface area contributed by atoms with Crippen LogP contribution in [0.1, 0.15) is 68.6 Å². The monoisotopic (exact) mass is 488 g/mol. The van der Waals surface area contributed by atoms with E-state index in [2.05, 4.69) is 53.1 Å². The number of nitrogens with zero attached hydrogens (tertiary/aromatic N) is 2. The van der Waals surface area contributed by atoms with E-state index in [0.29, 0.717) is 5.75 Å². The number of aliphatic hydroxyl groups is 1. The van der Waals surface area contributed by atoms with Crippen molar-refractivity contribution >= 4 is 0 Å². The molecule has 1 spiro atoms. The quantitative estimate of drug-likeness (QED) is 0.568. The molecule has 1 unspecified atom stereocenters.